The van der Waals surface area contributed by atoms with E-state index in [0.29, 0.717) is 12.5 Å². The van der Waals surface area contributed by atoms with E-state index < -0.39 is 0 Å². The molecular weight excluding hydrogens is 200 g/mol. The van der Waals surface area contributed by atoms with Crippen molar-refractivity contribution in [2.45, 2.75) is 65.3 Å². The maximum atomic E-state index is 10.5. The molecule has 0 fully saturated rings. The summed E-state index contributed by atoms with van der Waals surface area (Å²) < 4.78 is 0. The third kappa shape index (κ3) is 8.72. The standard InChI is InChI=1S/C13H28N2O/c1-4-11(3)10-12(5-2)15-9-7-6-8-13(14)16/h11-12,15H,4-10H2,1-3H3,(H2,14,16). The molecule has 2 atom stereocenters. The highest BCUT2D eigenvalue weighted by Crippen LogP contribution is 2.11. The summed E-state index contributed by atoms with van der Waals surface area (Å²) in [4.78, 5) is 10.5. The largest absolute Gasteiger partial charge is 0.370 e. The minimum Gasteiger partial charge on any atom is -0.370 e. The van der Waals surface area contributed by atoms with Crippen molar-refractivity contribution in [1.82, 2.24) is 5.32 Å². The van der Waals surface area contributed by atoms with Crippen LogP contribution in [0, 0.1) is 5.92 Å². The van der Waals surface area contributed by atoms with Gasteiger partial charge in [0, 0.05) is 12.5 Å². The Kier molecular flexibility index (Phi) is 9.30. The van der Waals surface area contributed by atoms with Gasteiger partial charge in [-0.25, -0.2) is 0 Å². The zero-order valence-corrected chi connectivity index (χ0v) is 11.1. The van der Waals surface area contributed by atoms with Gasteiger partial charge in [-0.05, 0) is 38.1 Å². The molecule has 0 bridgehead atoms. The number of rotatable bonds is 10. The Labute approximate surface area is 100 Å². The van der Waals surface area contributed by atoms with Crippen LogP contribution in [-0.4, -0.2) is 18.5 Å². The molecule has 0 aliphatic heterocycles. The summed E-state index contributed by atoms with van der Waals surface area (Å²) in [5, 5.41) is 3.56. The maximum Gasteiger partial charge on any atom is 0.217 e. The summed E-state index contributed by atoms with van der Waals surface area (Å²) in [5.41, 5.74) is 5.09. The third-order valence-electron chi connectivity index (χ3n) is 3.16. The Bertz CT molecular complexity index is 183. The Hall–Kier alpha value is -0.570. The van der Waals surface area contributed by atoms with Gasteiger partial charge in [0.15, 0.2) is 0 Å². The van der Waals surface area contributed by atoms with Crippen molar-refractivity contribution in [3.8, 4) is 0 Å². The second-order valence-electron chi connectivity index (χ2n) is 4.73. The molecule has 0 aliphatic rings. The highest BCUT2D eigenvalue weighted by Gasteiger charge is 2.09. The van der Waals surface area contributed by atoms with Crippen molar-refractivity contribution in [3.05, 3.63) is 0 Å². The van der Waals surface area contributed by atoms with Crippen molar-refractivity contribution >= 4 is 5.91 Å². The van der Waals surface area contributed by atoms with Crippen LogP contribution in [0.15, 0.2) is 0 Å². The summed E-state index contributed by atoms with van der Waals surface area (Å²) in [5.74, 6) is 0.606. The summed E-state index contributed by atoms with van der Waals surface area (Å²) in [6, 6.07) is 0.628. The van der Waals surface area contributed by atoms with Crippen LogP contribution in [0.2, 0.25) is 0 Å². The average Bonchev–Trinajstić information content (AvgIpc) is 2.26. The Morgan fingerprint density at radius 3 is 2.44 bits per heavy atom. The molecule has 0 radical (unpaired) electrons. The molecule has 3 nitrogen and oxygen atoms in total. The Morgan fingerprint density at radius 2 is 1.94 bits per heavy atom. The fraction of sp³-hybridized carbons (Fsp3) is 0.923. The molecular formula is C13H28N2O. The van der Waals surface area contributed by atoms with Gasteiger partial charge in [-0.1, -0.05) is 27.2 Å². The minimum absolute atomic E-state index is 0.188. The van der Waals surface area contributed by atoms with Gasteiger partial charge < -0.3 is 11.1 Å². The molecule has 0 saturated heterocycles. The highest BCUT2D eigenvalue weighted by molar-refractivity contribution is 5.73. The van der Waals surface area contributed by atoms with E-state index in [1.54, 1.807) is 0 Å². The number of nitrogens with two attached hydrogens (primary N) is 1. The van der Waals surface area contributed by atoms with E-state index in [2.05, 4.69) is 26.1 Å². The lowest BCUT2D eigenvalue weighted by molar-refractivity contribution is -0.118. The van der Waals surface area contributed by atoms with Gasteiger partial charge >= 0.3 is 0 Å². The van der Waals surface area contributed by atoms with Gasteiger partial charge in [0.05, 0.1) is 0 Å². The first kappa shape index (κ1) is 15.4. The van der Waals surface area contributed by atoms with E-state index in [-0.39, 0.29) is 5.91 Å². The lowest BCUT2D eigenvalue weighted by atomic mass is 9.98. The number of carbonyl (C=O) groups is 1. The molecule has 16 heavy (non-hydrogen) atoms. The number of nitrogens with one attached hydrogen (secondary N) is 1. The topological polar surface area (TPSA) is 55.1 Å². The van der Waals surface area contributed by atoms with E-state index in [1.807, 2.05) is 0 Å². The van der Waals surface area contributed by atoms with Crippen molar-refractivity contribution in [2.75, 3.05) is 6.54 Å². The fourth-order valence-corrected chi connectivity index (χ4v) is 1.78. The lowest BCUT2D eigenvalue weighted by Crippen LogP contribution is -2.31. The number of unbranched alkanes of at least 4 members (excludes halogenated alkanes) is 1. The van der Waals surface area contributed by atoms with E-state index in [0.717, 1.165) is 25.3 Å². The smallest absolute Gasteiger partial charge is 0.217 e. The molecule has 3 N–H and O–H groups in total. The Morgan fingerprint density at radius 1 is 1.25 bits per heavy atom. The number of hydrogen-bond donors (Lipinski definition) is 2. The van der Waals surface area contributed by atoms with Gasteiger partial charge in [-0.15, -0.1) is 0 Å². The van der Waals surface area contributed by atoms with Crippen LogP contribution < -0.4 is 11.1 Å². The van der Waals surface area contributed by atoms with E-state index >= 15 is 0 Å². The van der Waals surface area contributed by atoms with Crippen LogP contribution in [0.1, 0.15) is 59.3 Å². The van der Waals surface area contributed by atoms with Gasteiger partial charge in [-0.3, -0.25) is 4.79 Å². The third-order valence-corrected chi connectivity index (χ3v) is 3.16. The Balaban J connectivity index is 3.51. The van der Waals surface area contributed by atoms with Gasteiger partial charge in [0.1, 0.15) is 0 Å². The number of carbonyl (C=O) groups excluding carboxylic acids is 1. The maximum absolute atomic E-state index is 10.5. The lowest BCUT2D eigenvalue weighted by Gasteiger charge is -2.20. The fourth-order valence-electron chi connectivity index (χ4n) is 1.78. The van der Waals surface area contributed by atoms with Crippen LogP contribution in [0.3, 0.4) is 0 Å². The first-order valence-electron chi connectivity index (χ1n) is 6.61. The summed E-state index contributed by atoms with van der Waals surface area (Å²) in [6.07, 6.45) is 6.15. The number of amides is 1. The molecule has 0 aromatic heterocycles. The molecule has 1 amide bonds. The van der Waals surface area contributed by atoms with Crippen LogP contribution >= 0.6 is 0 Å². The second-order valence-corrected chi connectivity index (χ2v) is 4.73. The van der Waals surface area contributed by atoms with E-state index in [1.165, 1.54) is 19.3 Å². The van der Waals surface area contributed by atoms with Gasteiger partial charge in [0.2, 0.25) is 5.91 Å². The second kappa shape index (κ2) is 9.64. The van der Waals surface area contributed by atoms with Crippen LogP contribution in [0.5, 0.6) is 0 Å². The monoisotopic (exact) mass is 228 g/mol. The van der Waals surface area contributed by atoms with Gasteiger partial charge in [-0.2, -0.15) is 0 Å². The quantitative estimate of drug-likeness (QED) is 0.564. The number of hydrogen-bond acceptors (Lipinski definition) is 2. The zero-order chi connectivity index (χ0) is 12.4. The molecule has 0 aromatic carbocycles. The van der Waals surface area contributed by atoms with E-state index in [9.17, 15) is 4.79 Å². The van der Waals surface area contributed by atoms with Crippen molar-refractivity contribution < 1.29 is 4.79 Å². The molecule has 96 valence electrons. The normalized spacial score (nSPS) is 14.7. The molecule has 0 saturated carbocycles. The first-order chi connectivity index (χ1) is 7.60. The van der Waals surface area contributed by atoms with Gasteiger partial charge in [0.25, 0.3) is 0 Å². The van der Waals surface area contributed by atoms with Crippen LogP contribution in [-0.2, 0) is 4.79 Å². The summed E-state index contributed by atoms with van der Waals surface area (Å²) in [7, 11) is 0. The highest BCUT2D eigenvalue weighted by atomic mass is 16.1. The number of primary amides is 1. The SMILES string of the molecule is CCC(C)CC(CC)NCCCCC(N)=O. The molecule has 0 aromatic rings. The van der Waals surface area contributed by atoms with E-state index in [4.69, 9.17) is 5.73 Å². The zero-order valence-electron chi connectivity index (χ0n) is 11.1. The minimum atomic E-state index is -0.188. The molecule has 3 heteroatoms. The molecule has 0 aliphatic carbocycles. The molecule has 2 unspecified atom stereocenters. The molecule has 0 rings (SSSR count). The summed E-state index contributed by atoms with van der Waals surface area (Å²) in [6.45, 7) is 7.77. The molecule has 0 spiro atoms. The average molecular weight is 228 g/mol. The first-order valence-corrected chi connectivity index (χ1v) is 6.61. The summed E-state index contributed by atoms with van der Waals surface area (Å²) >= 11 is 0. The predicted molar refractivity (Wildman–Crippen MR) is 69.2 cm³/mol. The van der Waals surface area contributed by atoms with Crippen molar-refractivity contribution in [3.63, 3.8) is 0 Å². The van der Waals surface area contributed by atoms with Crippen molar-refractivity contribution in [2.24, 2.45) is 11.7 Å². The molecule has 0 heterocycles. The predicted octanol–water partition coefficient (Wildman–Crippen LogP) is 2.45. The van der Waals surface area contributed by atoms with Crippen LogP contribution in [0.4, 0.5) is 0 Å². The van der Waals surface area contributed by atoms with Crippen LogP contribution in [0.25, 0.3) is 0 Å². The van der Waals surface area contributed by atoms with Crippen molar-refractivity contribution in [1.29, 1.82) is 0 Å².